The molecular weight excluding hydrogens is 200 g/mol. The second-order valence-corrected chi connectivity index (χ2v) is 5.38. The largest absolute Gasteiger partial charge is 0.383 e. The van der Waals surface area contributed by atoms with E-state index < -0.39 is 0 Å². The minimum absolute atomic E-state index is 0.834. The summed E-state index contributed by atoms with van der Waals surface area (Å²) >= 11 is 0. The van der Waals surface area contributed by atoms with Crippen LogP contribution in [-0.2, 0) is 4.74 Å². The second-order valence-electron chi connectivity index (χ2n) is 5.38. The number of piperidine rings is 1. The highest BCUT2D eigenvalue weighted by Gasteiger charge is 2.26. The van der Waals surface area contributed by atoms with Gasteiger partial charge in [-0.05, 0) is 57.2 Å². The highest BCUT2D eigenvalue weighted by atomic mass is 16.5. The number of nitrogens with zero attached hydrogens (tertiary/aromatic N) is 1. The average molecular weight is 226 g/mol. The van der Waals surface area contributed by atoms with Crippen molar-refractivity contribution in [2.24, 2.45) is 11.8 Å². The molecule has 2 fully saturated rings. The van der Waals surface area contributed by atoms with Crippen molar-refractivity contribution in [2.75, 3.05) is 46.4 Å². The molecule has 1 aliphatic carbocycles. The van der Waals surface area contributed by atoms with Gasteiger partial charge in [-0.15, -0.1) is 0 Å². The van der Waals surface area contributed by atoms with E-state index in [1.165, 1.54) is 51.9 Å². The van der Waals surface area contributed by atoms with Gasteiger partial charge >= 0.3 is 0 Å². The van der Waals surface area contributed by atoms with Gasteiger partial charge in [0.25, 0.3) is 0 Å². The summed E-state index contributed by atoms with van der Waals surface area (Å²) < 4.78 is 5.03. The molecule has 0 unspecified atom stereocenters. The normalized spacial score (nSPS) is 23.8. The smallest absolute Gasteiger partial charge is 0.0587 e. The summed E-state index contributed by atoms with van der Waals surface area (Å²) in [5.74, 6) is 1.95. The van der Waals surface area contributed by atoms with Crippen molar-refractivity contribution in [2.45, 2.75) is 25.7 Å². The van der Waals surface area contributed by atoms with Crippen LogP contribution in [0.1, 0.15) is 25.7 Å². The minimum Gasteiger partial charge on any atom is -0.383 e. The van der Waals surface area contributed by atoms with E-state index in [1.807, 2.05) is 0 Å². The van der Waals surface area contributed by atoms with Crippen LogP contribution >= 0.6 is 0 Å². The second kappa shape index (κ2) is 6.58. The third kappa shape index (κ3) is 4.40. The van der Waals surface area contributed by atoms with Gasteiger partial charge in [0.1, 0.15) is 0 Å². The summed E-state index contributed by atoms with van der Waals surface area (Å²) in [5, 5.41) is 3.48. The molecule has 0 aromatic carbocycles. The van der Waals surface area contributed by atoms with E-state index in [0.29, 0.717) is 0 Å². The Labute approximate surface area is 99.5 Å². The lowest BCUT2D eigenvalue weighted by Gasteiger charge is -2.32. The highest BCUT2D eigenvalue weighted by Crippen LogP contribution is 2.31. The fourth-order valence-corrected chi connectivity index (χ4v) is 2.52. The predicted molar refractivity (Wildman–Crippen MR) is 66.6 cm³/mol. The molecule has 0 atom stereocenters. The number of rotatable bonds is 7. The Kier molecular flexibility index (Phi) is 5.07. The first-order valence-electron chi connectivity index (χ1n) is 6.80. The summed E-state index contributed by atoms with van der Waals surface area (Å²) in [7, 11) is 1.76. The number of nitrogens with one attached hydrogen (secondary N) is 1. The van der Waals surface area contributed by atoms with Crippen molar-refractivity contribution in [3.8, 4) is 0 Å². The summed E-state index contributed by atoms with van der Waals surface area (Å²) in [6.07, 6.45) is 5.73. The summed E-state index contributed by atoms with van der Waals surface area (Å²) in [6.45, 7) is 7.05. The molecule has 0 bridgehead atoms. The summed E-state index contributed by atoms with van der Waals surface area (Å²) in [6, 6.07) is 0. The maximum atomic E-state index is 5.03. The predicted octanol–water partition coefficient (Wildman–Crippen LogP) is 1.34. The lowest BCUT2D eigenvalue weighted by Crippen LogP contribution is -2.38. The molecule has 2 aliphatic rings. The molecule has 1 saturated heterocycles. The molecule has 1 N–H and O–H groups in total. The molecule has 3 nitrogen and oxygen atoms in total. The van der Waals surface area contributed by atoms with Crippen LogP contribution in [0.5, 0.6) is 0 Å². The van der Waals surface area contributed by atoms with Gasteiger partial charge in [0, 0.05) is 20.2 Å². The maximum absolute atomic E-state index is 5.03. The van der Waals surface area contributed by atoms with Crippen LogP contribution in [0.15, 0.2) is 0 Å². The van der Waals surface area contributed by atoms with Crippen LogP contribution in [-0.4, -0.2) is 51.3 Å². The lowest BCUT2D eigenvalue weighted by molar-refractivity contribution is 0.169. The van der Waals surface area contributed by atoms with Crippen LogP contribution in [0.3, 0.4) is 0 Å². The maximum Gasteiger partial charge on any atom is 0.0587 e. The highest BCUT2D eigenvalue weighted by molar-refractivity contribution is 4.80. The third-order valence-electron chi connectivity index (χ3n) is 3.84. The van der Waals surface area contributed by atoms with Crippen LogP contribution < -0.4 is 5.32 Å². The van der Waals surface area contributed by atoms with Crippen molar-refractivity contribution in [1.29, 1.82) is 0 Å². The topological polar surface area (TPSA) is 24.5 Å². The zero-order valence-electron chi connectivity index (χ0n) is 10.6. The zero-order chi connectivity index (χ0) is 11.2. The van der Waals surface area contributed by atoms with Crippen molar-refractivity contribution < 1.29 is 4.74 Å². The van der Waals surface area contributed by atoms with Crippen LogP contribution in [0.25, 0.3) is 0 Å². The molecule has 16 heavy (non-hydrogen) atoms. The summed E-state index contributed by atoms with van der Waals surface area (Å²) in [5.41, 5.74) is 0. The van der Waals surface area contributed by atoms with E-state index in [4.69, 9.17) is 4.74 Å². The fourth-order valence-electron chi connectivity index (χ4n) is 2.52. The fraction of sp³-hybridized carbons (Fsp3) is 1.00. The Bertz CT molecular complexity index is 186. The van der Waals surface area contributed by atoms with Crippen molar-refractivity contribution >= 4 is 0 Å². The van der Waals surface area contributed by atoms with Gasteiger partial charge in [-0.25, -0.2) is 0 Å². The van der Waals surface area contributed by atoms with Gasteiger partial charge in [-0.2, -0.15) is 0 Å². The first-order chi connectivity index (χ1) is 7.88. The van der Waals surface area contributed by atoms with Crippen molar-refractivity contribution in [3.05, 3.63) is 0 Å². The molecule has 3 heteroatoms. The number of methoxy groups -OCH3 is 1. The van der Waals surface area contributed by atoms with Crippen LogP contribution in [0.2, 0.25) is 0 Å². The molecular formula is C13H26N2O. The first kappa shape index (κ1) is 12.3. The number of likely N-dealkylation sites (tertiary alicyclic amines) is 1. The van der Waals surface area contributed by atoms with Gasteiger partial charge < -0.3 is 15.0 Å². The van der Waals surface area contributed by atoms with Gasteiger partial charge in [0.15, 0.2) is 0 Å². The van der Waals surface area contributed by atoms with Gasteiger partial charge in [-0.1, -0.05) is 0 Å². The van der Waals surface area contributed by atoms with E-state index in [-0.39, 0.29) is 0 Å². The monoisotopic (exact) mass is 226 g/mol. The molecule has 0 radical (unpaired) electrons. The Morgan fingerprint density at radius 3 is 2.50 bits per heavy atom. The van der Waals surface area contributed by atoms with Crippen molar-refractivity contribution in [3.63, 3.8) is 0 Å². The Morgan fingerprint density at radius 1 is 1.12 bits per heavy atom. The third-order valence-corrected chi connectivity index (χ3v) is 3.84. The van der Waals surface area contributed by atoms with Crippen LogP contribution in [0.4, 0.5) is 0 Å². The molecule has 94 valence electrons. The molecule has 0 amide bonds. The minimum atomic E-state index is 0.834. The Hall–Kier alpha value is -0.120. The molecule has 1 heterocycles. The molecule has 1 aliphatic heterocycles. The number of ether oxygens (including phenoxy) is 1. The van der Waals surface area contributed by atoms with Gasteiger partial charge in [-0.3, -0.25) is 0 Å². The quantitative estimate of drug-likeness (QED) is 0.663. The number of hydrogen-bond acceptors (Lipinski definition) is 3. The Balaban J connectivity index is 1.50. The first-order valence-corrected chi connectivity index (χ1v) is 6.80. The molecule has 0 aromatic heterocycles. The van der Waals surface area contributed by atoms with Gasteiger partial charge in [0.05, 0.1) is 6.61 Å². The van der Waals surface area contributed by atoms with Crippen molar-refractivity contribution in [1.82, 2.24) is 10.2 Å². The van der Waals surface area contributed by atoms with E-state index in [1.54, 1.807) is 7.11 Å². The molecule has 0 aromatic rings. The van der Waals surface area contributed by atoms with Gasteiger partial charge in [0.2, 0.25) is 0 Å². The zero-order valence-corrected chi connectivity index (χ0v) is 10.6. The van der Waals surface area contributed by atoms with E-state index in [9.17, 15) is 0 Å². The number of hydrogen-bond donors (Lipinski definition) is 1. The molecule has 0 spiro atoms. The van der Waals surface area contributed by atoms with E-state index >= 15 is 0 Å². The van der Waals surface area contributed by atoms with Crippen LogP contribution in [0, 0.1) is 11.8 Å². The molecule has 1 saturated carbocycles. The Morgan fingerprint density at radius 2 is 1.88 bits per heavy atom. The average Bonchev–Trinajstić information content (AvgIpc) is 3.11. The summed E-state index contributed by atoms with van der Waals surface area (Å²) in [4.78, 5) is 2.67. The SMILES string of the molecule is COCCNCC1CCN(CC2CC2)CC1. The standard InChI is InChI=1S/C13H26N2O/c1-16-9-6-14-10-12-4-7-15(8-5-12)11-13-2-3-13/h12-14H,2-11H2,1H3. The molecule has 2 rings (SSSR count). The lowest BCUT2D eigenvalue weighted by atomic mass is 9.96. The van der Waals surface area contributed by atoms with E-state index in [2.05, 4.69) is 10.2 Å². The van der Waals surface area contributed by atoms with E-state index in [0.717, 1.165) is 25.0 Å².